The molecular weight excluding hydrogens is 333 g/mol. The summed E-state index contributed by atoms with van der Waals surface area (Å²) in [6, 6.07) is 14.2. The fraction of sp³-hybridized carbons (Fsp3) is 0.167. The SMILES string of the molecule is C=C(C(=O)OCC)C(Nc1cc(Cl)cc(Cl)c1)c1ccccc1. The second-order valence-electron chi connectivity index (χ2n) is 4.89. The van der Waals surface area contributed by atoms with E-state index in [-0.39, 0.29) is 0 Å². The fourth-order valence-electron chi connectivity index (χ4n) is 2.16. The highest BCUT2D eigenvalue weighted by molar-refractivity contribution is 6.35. The first-order chi connectivity index (χ1) is 11.0. The Morgan fingerprint density at radius 2 is 1.78 bits per heavy atom. The third-order valence-electron chi connectivity index (χ3n) is 3.19. The fourth-order valence-corrected chi connectivity index (χ4v) is 2.69. The van der Waals surface area contributed by atoms with E-state index >= 15 is 0 Å². The highest BCUT2D eigenvalue weighted by Gasteiger charge is 2.22. The number of anilines is 1. The van der Waals surface area contributed by atoms with Gasteiger partial charge in [-0.2, -0.15) is 0 Å². The molecule has 1 unspecified atom stereocenters. The molecule has 0 saturated carbocycles. The Balaban J connectivity index is 2.33. The monoisotopic (exact) mass is 349 g/mol. The lowest BCUT2D eigenvalue weighted by molar-refractivity contribution is -0.138. The summed E-state index contributed by atoms with van der Waals surface area (Å²) in [5.41, 5.74) is 1.90. The minimum absolute atomic E-state index is 0.294. The number of esters is 1. The van der Waals surface area contributed by atoms with Crippen molar-refractivity contribution in [3.63, 3.8) is 0 Å². The lowest BCUT2D eigenvalue weighted by Gasteiger charge is -2.22. The van der Waals surface area contributed by atoms with Crippen molar-refractivity contribution in [3.05, 3.63) is 76.3 Å². The minimum Gasteiger partial charge on any atom is -0.463 e. The summed E-state index contributed by atoms with van der Waals surface area (Å²) in [5, 5.41) is 4.26. The van der Waals surface area contributed by atoms with Crippen LogP contribution in [0.1, 0.15) is 18.5 Å². The van der Waals surface area contributed by atoms with Gasteiger partial charge in [-0.15, -0.1) is 0 Å². The van der Waals surface area contributed by atoms with E-state index in [0.717, 1.165) is 5.56 Å². The van der Waals surface area contributed by atoms with E-state index in [4.69, 9.17) is 27.9 Å². The number of halogens is 2. The molecule has 120 valence electrons. The van der Waals surface area contributed by atoms with Crippen molar-refractivity contribution in [2.75, 3.05) is 11.9 Å². The maximum Gasteiger partial charge on any atom is 0.335 e. The van der Waals surface area contributed by atoms with Crippen LogP contribution in [0.25, 0.3) is 0 Å². The molecule has 5 heteroatoms. The second-order valence-corrected chi connectivity index (χ2v) is 5.76. The van der Waals surface area contributed by atoms with Crippen LogP contribution in [0, 0.1) is 0 Å². The third kappa shape index (κ3) is 4.75. The van der Waals surface area contributed by atoms with Crippen LogP contribution in [-0.2, 0) is 9.53 Å². The first-order valence-electron chi connectivity index (χ1n) is 7.14. The third-order valence-corrected chi connectivity index (χ3v) is 3.63. The Bertz CT molecular complexity index is 681. The van der Waals surface area contributed by atoms with Gasteiger partial charge in [0.1, 0.15) is 0 Å². The molecule has 0 aliphatic heterocycles. The van der Waals surface area contributed by atoms with Crippen molar-refractivity contribution in [1.29, 1.82) is 0 Å². The van der Waals surface area contributed by atoms with Gasteiger partial charge in [-0.25, -0.2) is 4.79 Å². The number of nitrogens with one attached hydrogen (secondary N) is 1. The molecule has 1 atom stereocenters. The normalized spacial score (nSPS) is 11.6. The molecule has 23 heavy (non-hydrogen) atoms. The first kappa shape index (κ1) is 17.4. The van der Waals surface area contributed by atoms with Gasteiger partial charge < -0.3 is 10.1 Å². The molecule has 2 aromatic carbocycles. The standard InChI is InChI=1S/C18H17Cl2NO2/c1-3-23-18(22)12(2)17(13-7-5-4-6-8-13)21-16-10-14(19)9-15(20)11-16/h4-11,17,21H,2-3H2,1H3. The molecule has 0 spiro atoms. The molecule has 0 radical (unpaired) electrons. The Hall–Kier alpha value is -1.97. The van der Waals surface area contributed by atoms with E-state index < -0.39 is 12.0 Å². The quantitative estimate of drug-likeness (QED) is 0.570. The molecule has 0 fully saturated rings. The number of benzene rings is 2. The maximum atomic E-state index is 12.1. The molecule has 0 aromatic heterocycles. The first-order valence-corrected chi connectivity index (χ1v) is 7.90. The van der Waals surface area contributed by atoms with Gasteiger partial charge in [-0.05, 0) is 30.7 Å². The zero-order valence-corrected chi connectivity index (χ0v) is 14.2. The van der Waals surface area contributed by atoms with Crippen LogP contribution >= 0.6 is 23.2 Å². The second kappa shape index (κ2) is 8.04. The summed E-state index contributed by atoms with van der Waals surface area (Å²) < 4.78 is 5.06. The predicted molar refractivity (Wildman–Crippen MR) is 95.0 cm³/mol. The molecule has 2 aromatic rings. The lowest BCUT2D eigenvalue weighted by Crippen LogP contribution is -2.20. The van der Waals surface area contributed by atoms with Crippen molar-refractivity contribution in [1.82, 2.24) is 0 Å². The number of ether oxygens (including phenoxy) is 1. The molecule has 0 heterocycles. The zero-order chi connectivity index (χ0) is 16.8. The van der Waals surface area contributed by atoms with E-state index in [1.165, 1.54) is 0 Å². The van der Waals surface area contributed by atoms with Gasteiger partial charge in [0.15, 0.2) is 0 Å². The van der Waals surface area contributed by atoms with E-state index in [1.807, 2.05) is 30.3 Å². The summed E-state index contributed by atoms with van der Waals surface area (Å²) in [5.74, 6) is -0.443. The molecule has 3 nitrogen and oxygen atoms in total. The average molecular weight is 350 g/mol. The van der Waals surface area contributed by atoms with Crippen LogP contribution in [-0.4, -0.2) is 12.6 Å². The van der Waals surface area contributed by atoms with Crippen LogP contribution in [0.4, 0.5) is 5.69 Å². The number of hydrogen-bond acceptors (Lipinski definition) is 3. The maximum absolute atomic E-state index is 12.1. The molecule has 0 aliphatic rings. The van der Waals surface area contributed by atoms with Gasteiger partial charge in [-0.1, -0.05) is 60.1 Å². The van der Waals surface area contributed by atoms with Crippen molar-refractivity contribution < 1.29 is 9.53 Å². The largest absolute Gasteiger partial charge is 0.463 e. The Morgan fingerprint density at radius 3 is 2.35 bits per heavy atom. The van der Waals surface area contributed by atoms with E-state index in [2.05, 4.69) is 11.9 Å². The summed E-state index contributed by atoms with van der Waals surface area (Å²) in [7, 11) is 0. The Morgan fingerprint density at radius 1 is 1.17 bits per heavy atom. The van der Waals surface area contributed by atoms with Gasteiger partial charge in [0.2, 0.25) is 0 Å². The molecule has 1 N–H and O–H groups in total. The number of carbonyl (C=O) groups excluding carboxylic acids is 1. The van der Waals surface area contributed by atoms with Crippen LogP contribution < -0.4 is 5.32 Å². The molecule has 0 aliphatic carbocycles. The summed E-state index contributed by atoms with van der Waals surface area (Å²) in [6.07, 6.45) is 0. The Labute approximate surface area is 145 Å². The Kier molecular flexibility index (Phi) is 6.08. The predicted octanol–water partition coefficient (Wildman–Crippen LogP) is 5.27. The van der Waals surface area contributed by atoms with E-state index in [9.17, 15) is 4.79 Å². The molecule has 0 saturated heterocycles. The molecule has 0 amide bonds. The highest BCUT2D eigenvalue weighted by atomic mass is 35.5. The van der Waals surface area contributed by atoms with Crippen LogP contribution in [0.2, 0.25) is 10.0 Å². The topological polar surface area (TPSA) is 38.3 Å². The smallest absolute Gasteiger partial charge is 0.335 e. The van der Waals surface area contributed by atoms with Gasteiger partial charge in [0.25, 0.3) is 0 Å². The number of rotatable bonds is 6. The van der Waals surface area contributed by atoms with Crippen LogP contribution in [0.5, 0.6) is 0 Å². The highest BCUT2D eigenvalue weighted by Crippen LogP contribution is 2.29. The summed E-state index contributed by atoms with van der Waals surface area (Å²) in [4.78, 5) is 12.1. The lowest BCUT2D eigenvalue weighted by atomic mass is 9.99. The number of hydrogen-bond donors (Lipinski definition) is 1. The van der Waals surface area contributed by atoms with Crippen molar-refractivity contribution >= 4 is 34.9 Å². The minimum atomic E-state index is -0.443. The van der Waals surface area contributed by atoms with Crippen LogP contribution in [0.3, 0.4) is 0 Å². The van der Waals surface area contributed by atoms with Gasteiger partial charge >= 0.3 is 5.97 Å². The zero-order valence-electron chi connectivity index (χ0n) is 12.7. The van der Waals surface area contributed by atoms with Gasteiger partial charge in [-0.3, -0.25) is 0 Å². The van der Waals surface area contributed by atoms with Gasteiger partial charge in [0, 0.05) is 15.7 Å². The number of carbonyl (C=O) groups is 1. The molecule has 2 rings (SSSR count). The summed E-state index contributed by atoms with van der Waals surface area (Å²) >= 11 is 12.1. The van der Waals surface area contributed by atoms with Crippen molar-refractivity contribution in [3.8, 4) is 0 Å². The van der Waals surface area contributed by atoms with Crippen LogP contribution in [0.15, 0.2) is 60.7 Å². The van der Waals surface area contributed by atoms with E-state index in [0.29, 0.717) is 27.9 Å². The average Bonchev–Trinajstić information content (AvgIpc) is 2.52. The van der Waals surface area contributed by atoms with Crippen molar-refractivity contribution in [2.24, 2.45) is 0 Å². The van der Waals surface area contributed by atoms with E-state index in [1.54, 1.807) is 25.1 Å². The molecule has 0 bridgehead atoms. The van der Waals surface area contributed by atoms with Gasteiger partial charge in [0.05, 0.1) is 18.2 Å². The molecular formula is C18H17Cl2NO2. The summed E-state index contributed by atoms with van der Waals surface area (Å²) in [6.45, 7) is 5.94. The van der Waals surface area contributed by atoms with Crippen molar-refractivity contribution in [2.45, 2.75) is 13.0 Å².